The molecule has 0 aromatic heterocycles. The number of carbonyl (C=O) groups excluding carboxylic acids is 1. The van der Waals surface area contributed by atoms with E-state index >= 15 is 0 Å². The van der Waals surface area contributed by atoms with E-state index < -0.39 is 5.97 Å². The number of piperidine rings is 1. The lowest BCUT2D eigenvalue weighted by Gasteiger charge is -2.35. The number of thioether (sulfide) groups is 1. The van der Waals surface area contributed by atoms with E-state index in [0.29, 0.717) is 13.1 Å². The highest BCUT2D eigenvalue weighted by Crippen LogP contribution is 2.17. The van der Waals surface area contributed by atoms with E-state index in [0.717, 1.165) is 43.9 Å². The van der Waals surface area contributed by atoms with Gasteiger partial charge >= 0.3 is 12.0 Å². The highest BCUT2D eigenvalue weighted by Gasteiger charge is 2.27. The minimum atomic E-state index is -0.939. The molecule has 2 fully saturated rings. The fourth-order valence-electron chi connectivity index (χ4n) is 2.54. The molecule has 6 nitrogen and oxygen atoms in total. The molecule has 2 heterocycles. The summed E-state index contributed by atoms with van der Waals surface area (Å²) in [4.78, 5) is 26.7. The lowest BCUT2D eigenvalue weighted by molar-refractivity contribution is -0.145. The minimum Gasteiger partial charge on any atom is -0.480 e. The summed E-state index contributed by atoms with van der Waals surface area (Å²) < 4.78 is 5.28. The molecule has 7 heteroatoms. The maximum Gasteiger partial charge on any atom is 0.329 e. The third-order valence-corrected chi connectivity index (χ3v) is 4.70. The zero-order chi connectivity index (χ0) is 14.4. The van der Waals surface area contributed by atoms with Crippen LogP contribution >= 0.6 is 11.8 Å². The molecule has 1 N–H and O–H groups in total. The molecule has 0 aromatic carbocycles. The Morgan fingerprint density at radius 1 is 1.10 bits per heavy atom. The summed E-state index contributed by atoms with van der Waals surface area (Å²) in [5.74, 6) is 1.21. The first-order chi connectivity index (χ1) is 9.66. The molecule has 20 heavy (non-hydrogen) atoms. The molecule has 0 bridgehead atoms. The zero-order valence-corrected chi connectivity index (χ0v) is 12.4. The molecule has 0 radical (unpaired) electrons. The largest absolute Gasteiger partial charge is 0.480 e. The van der Waals surface area contributed by atoms with Crippen molar-refractivity contribution >= 4 is 23.8 Å². The van der Waals surface area contributed by atoms with Crippen molar-refractivity contribution < 1.29 is 19.4 Å². The molecule has 2 aliphatic heterocycles. The first kappa shape index (κ1) is 15.4. The number of carboxylic acids is 1. The monoisotopic (exact) mass is 302 g/mol. The van der Waals surface area contributed by atoms with E-state index in [2.05, 4.69) is 0 Å². The van der Waals surface area contributed by atoms with Crippen LogP contribution in [0.2, 0.25) is 0 Å². The summed E-state index contributed by atoms with van der Waals surface area (Å²) in [7, 11) is 0. The van der Waals surface area contributed by atoms with Gasteiger partial charge in [-0.3, -0.25) is 0 Å². The van der Waals surface area contributed by atoms with Crippen molar-refractivity contribution in [2.24, 2.45) is 0 Å². The third kappa shape index (κ3) is 4.56. The van der Waals surface area contributed by atoms with Crippen molar-refractivity contribution in [2.45, 2.75) is 25.4 Å². The molecule has 0 saturated carbocycles. The summed E-state index contributed by atoms with van der Waals surface area (Å²) in [5.41, 5.74) is 0. The SMILES string of the molecule is O=C(O)COC1CCN(C(=O)N2CCCSCC2)CC1. The molecule has 2 amide bonds. The zero-order valence-electron chi connectivity index (χ0n) is 11.6. The van der Waals surface area contributed by atoms with Gasteiger partial charge in [0.15, 0.2) is 0 Å². The van der Waals surface area contributed by atoms with Crippen molar-refractivity contribution in [3.05, 3.63) is 0 Å². The van der Waals surface area contributed by atoms with Crippen LogP contribution in [-0.2, 0) is 9.53 Å². The number of hydrogen-bond acceptors (Lipinski definition) is 4. The number of nitrogens with zero attached hydrogens (tertiary/aromatic N) is 2. The van der Waals surface area contributed by atoms with Crippen molar-refractivity contribution in [1.82, 2.24) is 9.80 Å². The van der Waals surface area contributed by atoms with Crippen LogP contribution < -0.4 is 0 Å². The van der Waals surface area contributed by atoms with Crippen LogP contribution in [0, 0.1) is 0 Å². The number of carbonyl (C=O) groups is 2. The molecule has 0 unspecified atom stereocenters. The predicted octanol–water partition coefficient (Wildman–Crippen LogP) is 1.11. The Balaban J connectivity index is 1.74. The predicted molar refractivity (Wildman–Crippen MR) is 77.1 cm³/mol. The number of carboxylic acid groups (broad SMARTS) is 1. The maximum absolute atomic E-state index is 12.4. The number of likely N-dealkylation sites (tertiary alicyclic amines) is 1. The van der Waals surface area contributed by atoms with Crippen LogP contribution in [0.5, 0.6) is 0 Å². The number of ether oxygens (including phenoxy) is 1. The van der Waals surface area contributed by atoms with Crippen LogP contribution in [0.3, 0.4) is 0 Å². The standard InChI is InChI=1S/C13H22N2O4S/c16-12(17)10-19-11-2-5-15(6-3-11)13(18)14-4-1-8-20-9-7-14/h11H,1-10H2,(H,16,17). The number of hydrogen-bond donors (Lipinski definition) is 1. The van der Waals surface area contributed by atoms with Crippen LogP contribution in [0.25, 0.3) is 0 Å². The van der Waals surface area contributed by atoms with Crippen molar-refractivity contribution in [3.63, 3.8) is 0 Å². The second kappa shape index (κ2) is 7.73. The lowest BCUT2D eigenvalue weighted by Crippen LogP contribution is -2.48. The van der Waals surface area contributed by atoms with Gasteiger partial charge in [-0.25, -0.2) is 9.59 Å². The van der Waals surface area contributed by atoms with Gasteiger partial charge in [-0.05, 0) is 25.0 Å². The van der Waals surface area contributed by atoms with Gasteiger partial charge in [-0.15, -0.1) is 0 Å². The van der Waals surface area contributed by atoms with E-state index in [4.69, 9.17) is 9.84 Å². The van der Waals surface area contributed by atoms with E-state index in [1.807, 2.05) is 21.6 Å². The average Bonchev–Trinajstić information content (AvgIpc) is 2.74. The number of rotatable bonds is 3. The molecule has 2 rings (SSSR count). The Bertz CT molecular complexity index is 337. The summed E-state index contributed by atoms with van der Waals surface area (Å²) >= 11 is 1.91. The van der Waals surface area contributed by atoms with Crippen LogP contribution in [0.1, 0.15) is 19.3 Å². The van der Waals surface area contributed by atoms with Gasteiger partial charge in [-0.1, -0.05) is 0 Å². The van der Waals surface area contributed by atoms with Crippen LogP contribution in [0.4, 0.5) is 4.79 Å². The Kier molecular flexibility index (Phi) is 5.97. The highest BCUT2D eigenvalue weighted by molar-refractivity contribution is 7.99. The molecule has 2 saturated heterocycles. The van der Waals surface area contributed by atoms with Gasteiger partial charge in [0.1, 0.15) is 6.61 Å². The van der Waals surface area contributed by atoms with E-state index in [1.54, 1.807) is 0 Å². The summed E-state index contributed by atoms with van der Waals surface area (Å²) in [6, 6.07) is 0.129. The maximum atomic E-state index is 12.4. The highest BCUT2D eigenvalue weighted by atomic mass is 32.2. The summed E-state index contributed by atoms with van der Waals surface area (Å²) in [6.07, 6.45) is 2.48. The fourth-order valence-corrected chi connectivity index (χ4v) is 3.43. The lowest BCUT2D eigenvalue weighted by atomic mass is 10.1. The van der Waals surface area contributed by atoms with Gasteiger partial charge in [0.2, 0.25) is 0 Å². The van der Waals surface area contributed by atoms with Crippen LogP contribution in [-0.4, -0.2) is 77.3 Å². The molecule has 2 aliphatic rings. The minimum absolute atomic E-state index is 0.0326. The van der Waals surface area contributed by atoms with Gasteiger partial charge < -0.3 is 19.6 Å². The van der Waals surface area contributed by atoms with Crippen molar-refractivity contribution in [3.8, 4) is 0 Å². The van der Waals surface area contributed by atoms with E-state index in [9.17, 15) is 9.59 Å². The van der Waals surface area contributed by atoms with Gasteiger partial charge in [0, 0.05) is 31.9 Å². The molecular weight excluding hydrogens is 280 g/mol. The summed E-state index contributed by atoms with van der Waals surface area (Å²) in [5, 5.41) is 8.58. The molecule has 0 aromatic rings. The van der Waals surface area contributed by atoms with Gasteiger partial charge in [0.25, 0.3) is 0 Å². The smallest absolute Gasteiger partial charge is 0.329 e. The molecule has 0 aliphatic carbocycles. The summed E-state index contributed by atoms with van der Waals surface area (Å²) in [6.45, 7) is 2.75. The Hall–Kier alpha value is -0.950. The Morgan fingerprint density at radius 3 is 2.50 bits per heavy atom. The second-order valence-electron chi connectivity index (χ2n) is 5.13. The molecule has 0 spiro atoms. The topological polar surface area (TPSA) is 70.1 Å². The number of urea groups is 1. The fraction of sp³-hybridized carbons (Fsp3) is 0.846. The third-order valence-electron chi connectivity index (χ3n) is 3.65. The Morgan fingerprint density at radius 2 is 1.80 bits per heavy atom. The Labute approximate surface area is 123 Å². The van der Waals surface area contributed by atoms with Crippen molar-refractivity contribution in [1.29, 1.82) is 0 Å². The second-order valence-corrected chi connectivity index (χ2v) is 6.35. The molecule has 114 valence electrons. The first-order valence-electron chi connectivity index (χ1n) is 7.12. The van der Waals surface area contributed by atoms with Crippen LogP contribution in [0.15, 0.2) is 0 Å². The normalized spacial score (nSPS) is 21.6. The average molecular weight is 302 g/mol. The van der Waals surface area contributed by atoms with Crippen molar-refractivity contribution in [2.75, 3.05) is 44.3 Å². The van der Waals surface area contributed by atoms with Gasteiger partial charge in [-0.2, -0.15) is 11.8 Å². The van der Waals surface area contributed by atoms with Gasteiger partial charge in [0.05, 0.1) is 6.10 Å². The number of amides is 2. The van der Waals surface area contributed by atoms with E-state index in [1.165, 1.54) is 0 Å². The quantitative estimate of drug-likeness (QED) is 0.846. The first-order valence-corrected chi connectivity index (χ1v) is 8.27. The molecular formula is C13H22N2O4S. The molecule has 0 atom stereocenters. The van der Waals surface area contributed by atoms with E-state index in [-0.39, 0.29) is 18.7 Å². The number of aliphatic carboxylic acids is 1.